The van der Waals surface area contributed by atoms with Crippen LogP contribution >= 0.6 is 0 Å². The predicted molar refractivity (Wildman–Crippen MR) is 101 cm³/mol. The van der Waals surface area contributed by atoms with E-state index in [1.54, 1.807) is 6.07 Å². The van der Waals surface area contributed by atoms with Crippen LogP contribution in [0.25, 0.3) is 0 Å². The number of ether oxygens (including phenoxy) is 1. The summed E-state index contributed by atoms with van der Waals surface area (Å²) >= 11 is 0. The number of benzene rings is 1. The molecule has 30 heavy (non-hydrogen) atoms. The Hall–Kier alpha value is -3.19. The first kappa shape index (κ1) is 20.1. The highest BCUT2D eigenvalue weighted by atomic mass is 32.2. The number of hydrogen-bond acceptors (Lipinski definition) is 8. The van der Waals surface area contributed by atoms with Gasteiger partial charge in [-0.05, 0) is 18.6 Å². The Balaban J connectivity index is 1.48. The zero-order valence-electron chi connectivity index (χ0n) is 15.7. The molecule has 3 amide bonds. The molecule has 4 rings (SSSR count). The van der Waals surface area contributed by atoms with Crippen molar-refractivity contribution >= 4 is 27.6 Å². The number of sulfonamides is 1. The summed E-state index contributed by atoms with van der Waals surface area (Å²) in [6, 6.07) is 6.55. The van der Waals surface area contributed by atoms with Gasteiger partial charge in [0, 0.05) is 6.54 Å². The Labute approximate surface area is 172 Å². The van der Waals surface area contributed by atoms with Gasteiger partial charge in [-0.1, -0.05) is 6.07 Å². The molecule has 0 bridgehead atoms. The molecule has 1 aromatic rings. The average Bonchev–Trinajstić information content (AvgIpc) is 3.12. The minimum atomic E-state index is -4.38. The zero-order chi connectivity index (χ0) is 21.5. The summed E-state index contributed by atoms with van der Waals surface area (Å²) in [7, 11) is -4.38. The standard InChI is InChI=1S/C18H18N6O5S/c19-5-10-4-14-16(21-7-10)13(9-29-14)22-15(25)8-24-18(26)23-12-3-1-2-11(6-20)17(12)30(24,27)28/h1-3,10,13-14,16,21H,4,7-9H2,(H,22,25)(H,23,26)/t10?,13-,14?,16?/m1/s1. The molecule has 3 unspecified atom stereocenters. The summed E-state index contributed by atoms with van der Waals surface area (Å²) in [5, 5.41) is 26.6. The van der Waals surface area contributed by atoms with Crippen molar-refractivity contribution in [1.29, 1.82) is 10.5 Å². The third-order valence-electron chi connectivity index (χ3n) is 5.41. The number of urea groups is 1. The molecule has 0 radical (unpaired) electrons. The van der Waals surface area contributed by atoms with E-state index in [0.717, 1.165) is 0 Å². The lowest BCUT2D eigenvalue weighted by Gasteiger charge is -2.32. The van der Waals surface area contributed by atoms with Gasteiger partial charge in [-0.2, -0.15) is 10.5 Å². The van der Waals surface area contributed by atoms with E-state index in [2.05, 4.69) is 22.0 Å². The minimum absolute atomic E-state index is 0.00111. The summed E-state index contributed by atoms with van der Waals surface area (Å²) in [6.07, 6.45) is 0.331. The summed E-state index contributed by atoms with van der Waals surface area (Å²) in [5.74, 6) is -0.845. The minimum Gasteiger partial charge on any atom is -0.374 e. The van der Waals surface area contributed by atoms with Crippen molar-refractivity contribution in [2.24, 2.45) is 5.92 Å². The van der Waals surface area contributed by atoms with Gasteiger partial charge in [-0.25, -0.2) is 17.5 Å². The molecule has 3 N–H and O–H groups in total. The average molecular weight is 430 g/mol. The number of nitriles is 2. The van der Waals surface area contributed by atoms with Crippen LogP contribution < -0.4 is 16.0 Å². The molecule has 3 aliphatic rings. The van der Waals surface area contributed by atoms with E-state index in [4.69, 9.17) is 10.00 Å². The zero-order valence-corrected chi connectivity index (χ0v) is 16.5. The molecule has 11 nitrogen and oxygen atoms in total. The largest absolute Gasteiger partial charge is 0.374 e. The number of hydrogen-bond donors (Lipinski definition) is 3. The summed E-state index contributed by atoms with van der Waals surface area (Å²) < 4.78 is 31.9. The van der Waals surface area contributed by atoms with Crippen molar-refractivity contribution in [1.82, 2.24) is 14.9 Å². The first-order chi connectivity index (χ1) is 14.3. The number of piperidine rings is 1. The number of amides is 3. The number of nitrogens with zero attached hydrogens (tertiary/aromatic N) is 3. The monoisotopic (exact) mass is 430 g/mol. The maximum absolute atomic E-state index is 12.9. The number of nitrogens with one attached hydrogen (secondary N) is 3. The number of carbonyl (C=O) groups is 2. The van der Waals surface area contributed by atoms with Crippen LogP contribution in [-0.2, 0) is 19.6 Å². The van der Waals surface area contributed by atoms with Crippen LogP contribution in [0, 0.1) is 28.6 Å². The SMILES string of the molecule is N#Cc1cccc2c1S(=O)(=O)N(CC(=O)N[C@@H]1COC3CC(C#N)CNC31)C(=O)N2. The third-order valence-corrected chi connectivity index (χ3v) is 7.24. The number of carbonyl (C=O) groups excluding carboxylic acids is 2. The lowest BCUT2D eigenvalue weighted by atomic mass is 9.91. The molecule has 12 heteroatoms. The van der Waals surface area contributed by atoms with Crippen molar-refractivity contribution in [3.63, 3.8) is 0 Å². The van der Waals surface area contributed by atoms with Crippen molar-refractivity contribution in [3.8, 4) is 12.1 Å². The Bertz CT molecular complexity index is 1090. The van der Waals surface area contributed by atoms with E-state index in [1.165, 1.54) is 18.2 Å². The van der Waals surface area contributed by atoms with E-state index in [9.17, 15) is 23.3 Å². The van der Waals surface area contributed by atoms with Crippen LogP contribution in [0.3, 0.4) is 0 Å². The number of fused-ring (bicyclic) bond motifs is 2. The molecule has 2 saturated heterocycles. The summed E-state index contributed by atoms with van der Waals surface area (Å²) in [6.45, 7) is -0.0430. The third kappa shape index (κ3) is 3.35. The van der Waals surface area contributed by atoms with Gasteiger partial charge in [0.2, 0.25) is 5.91 Å². The van der Waals surface area contributed by atoms with Gasteiger partial charge in [0.25, 0.3) is 10.0 Å². The maximum Gasteiger partial charge on any atom is 0.336 e. The lowest BCUT2D eigenvalue weighted by molar-refractivity contribution is -0.121. The van der Waals surface area contributed by atoms with Gasteiger partial charge < -0.3 is 20.7 Å². The fourth-order valence-electron chi connectivity index (χ4n) is 3.99. The van der Waals surface area contributed by atoms with Crippen LogP contribution in [0.1, 0.15) is 12.0 Å². The second-order valence-corrected chi connectivity index (χ2v) is 9.08. The molecule has 0 aliphatic carbocycles. The first-order valence-electron chi connectivity index (χ1n) is 9.26. The molecule has 3 heterocycles. The Kier molecular flexibility index (Phi) is 5.07. The van der Waals surface area contributed by atoms with Crippen LogP contribution in [0.15, 0.2) is 23.1 Å². The van der Waals surface area contributed by atoms with E-state index >= 15 is 0 Å². The molecule has 3 aliphatic heterocycles. The molecule has 0 aromatic heterocycles. The van der Waals surface area contributed by atoms with Crippen molar-refractivity contribution < 1.29 is 22.7 Å². The van der Waals surface area contributed by atoms with Gasteiger partial charge in [0.15, 0.2) is 0 Å². The molecular weight excluding hydrogens is 412 g/mol. The van der Waals surface area contributed by atoms with Crippen molar-refractivity contribution in [3.05, 3.63) is 23.8 Å². The summed E-state index contributed by atoms with van der Waals surface area (Å²) in [4.78, 5) is 24.6. The van der Waals surface area contributed by atoms with E-state index < -0.39 is 34.5 Å². The maximum atomic E-state index is 12.9. The molecule has 4 atom stereocenters. The molecule has 2 fully saturated rings. The van der Waals surface area contributed by atoms with E-state index in [1.807, 2.05) is 0 Å². The molecule has 1 aromatic carbocycles. The molecule has 156 valence electrons. The first-order valence-corrected chi connectivity index (χ1v) is 10.7. The smallest absolute Gasteiger partial charge is 0.336 e. The highest BCUT2D eigenvalue weighted by Gasteiger charge is 2.44. The van der Waals surface area contributed by atoms with Crippen LogP contribution in [0.4, 0.5) is 10.5 Å². The molecular formula is C18H18N6O5S. The normalized spacial score (nSPS) is 29.0. The molecule has 0 saturated carbocycles. The van der Waals surface area contributed by atoms with Gasteiger partial charge >= 0.3 is 6.03 Å². The van der Waals surface area contributed by atoms with Gasteiger partial charge in [-0.15, -0.1) is 0 Å². The van der Waals surface area contributed by atoms with Crippen molar-refractivity contribution in [2.75, 3.05) is 25.0 Å². The van der Waals surface area contributed by atoms with E-state index in [-0.39, 0.29) is 40.8 Å². The van der Waals surface area contributed by atoms with Crippen LogP contribution in [0.5, 0.6) is 0 Å². The van der Waals surface area contributed by atoms with Crippen molar-refractivity contribution in [2.45, 2.75) is 29.5 Å². The van der Waals surface area contributed by atoms with Gasteiger partial charge in [0.05, 0.1) is 48.0 Å². The highest BCUT2D eigenvalue weighted by molar-refractivity contribution is 7.90. The Morgan fingerprint density at radius 3 is 2.90 bits per heavy atom. The Morgan fingerprint density at radius 2 is 2.17 bits per heavy atom. The van der Waals surface area contributed by atoms with E-state index in [0.29, 0.717) is 17.3 Å². The fraction of sp³-hybridized carbons (Fsp3) is 0.444. The second kappa shape index (κ2) is 7.57. The topological polar surface area (TPSA) is 164 Å². The van der Waals surface area contributed by atoms with Crippen LogP contribution in [0.2, 0.25) is 0 Å². The highest BCUT2D eigenvalue weighted by Crippen LogP contribution is 2.32. The fourth-order valence-corrected chi connectivity index (χ4v) is 5.55. The molecule has 0 spiro atoms. The van der Waals surface area contributed by atoms with Crippen LogP contribution in [-0.4, -0.2) is 62.5 Å². The van der Waals surface area contributed by atoms with Gasteiger partial charge in [-0.3, -0.25) is 4.79 Å². The lowest BCUT2D eigenvalue weighted by Crippen LogP contribution is -2.57. The summed E-state index contributed by atoms with van der Waals surface area (Å²) in [5.41, 5.74) is -0.121. The quantitative estimate of drug-likeness (QED) is 0.576. The second-order valence-electron chi connectivity index (χ2n) is 7.28. The van der Waals surface area contributed by atoms with Gasteiger partial charge in [0.1, 0.15) is 17.5 Å². The Morgan fingerprint density at radius 1 is 1.37 bits per heavy atom. The predicted octanol–water partition coefficient (Wildman–Crippen LogP) is -0.520. The number of rotatable bonds is 3. The number of anilines is 1.